The maximum Gasteiger partial charge on any atom is 0.262 e. The molecule has 7 heteroatoms. The first-order valence-corrected chi connectivity index (χ1v) is 11.4. The maximum atomic E-state index is 12.9. The fourth-order valence-corrected chi connectivity index (χ4v) is 5.67. The van der Waals surface area contributed by atoms with Crippen molar-refractivity contribution in [3.8, 4) is 0 Å². The molecule has 1 aliphatic heterocycles. The highest BCUT2D eigenvalue weighted by atomic mass is 32.2. The molecule has 2 fully saturated rings. The Hall–Kier alpha value is -2.67. The van der Waals surface area contributed by atoms with Gasteiger partial charge in [0.15, 0.2) is 0 Å². The van der Waals surface area contributed by atoms with E-state index >= 15 is 0 Å². The Morgan fingerprint density at radius 2 is 1.59 bits per heavy atom. The standard InChI is InChI=1S/C22H24N2O4S/c1-15-11-12-16(13-20(15)29(27,28)23-17-7-3-2-4-8-17)14-24-21(25)18-9-5-6-10-19(18)22(24)26/h2-4,7-8,11-13,18-19,23H,5-6,9-10,14H2,1H3/t18-,19-/m1/s1. The molecule has 2 atom stereocenters. The number of amides is 2. The van der Waals surface area contributed by atoms with Crippen LogP contribution in [0.3, 0.4) is 0 Å². The number of fused-ring (bicyclic) bond motifs is 1. The van der Waals surface area contributed by atoms with Crippen molar-refractivity contribution in [1.82, 2.24) is 4.90 Å². The number of imide groups is 1. The van der Waals surface area contributed by atoms with Crippen LogP contribution in [0.1, 0.15) is 36.8 Å². The number of hydrogen-bond donors (Lipinski definition) is 1. The topological polar surface area (TPSA) is 83.6 Å². The third kappa shape index (κ3) is 3.79. The average Bonchev–Trinajstić information content (AvgIpc) is 2.95. The summed E-state index contributed by atoms with van der Waals surface area (Å²) in [5.74, 6) is -0.645. The van der Waals surface area contributed by atoms with Crippen molar-refractivity contribution in [3.63, 3.8) is 0 Å². The summed E-state index contributed by atoms with van der Waals surface area (Å²) in [6.45, 7) is 1.84. The quantitative estimate of drug-likeness (QED) is 0.762. The van der Waals surface area contributed by atoms with Gasteiger partial charge in [-0.3, -0.25) is 19.2 Å². The summed E-state index contributed by atoms with van der Waals surface area (Å²) >= 11 is 0. The molecule has 0 aromatic heterocycles. The van der Waals surface area contributed by atoms with Gasteiger partial charge in [0, 0.05) is 5.69 Å². The molecule has 29 heavy (non-hydrogen) atoms. The number of rotatable bonds is 5. The lowest BCUT2D eigenvalue weighted by molar-refractivity contribution is -0.140. The van der Waals surface area contributed by atoms with Crippen LogP contribution < -0.4 is 4.72 Å². The van der Waals surface area contributed by atoms with Crippen LogP contribution in [0.2, 0.25) is 0 Å². The summed E-state index contributed by atoms with van der Waals surface area (Å²) < 4.78 is 28.4. The summed E-state index contributed by atoms with van der Waals surface area (Å²) in [7, 11) is -3.79. The van der Waals surface area contributed by atoms with Gasteiger partial charge in [-0.25, -0.2) is 8.42 Å². The molecule has 2 aromatic rings. The molecule has 1 heterocycles. The van der Waals surface area contributed by atoms with Crippen LogP contribution in [-0.2, 0) is 26.2 Å². The zero-order valence-electron chi connectivity index (χ0n) is 16.3. The second kappa shape index (κ2) is 7.63. The molecular formula is C22H24N2O4S. The van der Waals surface area contributed by atoms with Gasteiger partial charge in [-0.1, -0.05) is 43.2 Å². The number of hydrogen-bond acceptors (Lipinski definition) is 4. The van der Waals surface area contributed by atoms with Gasteiger partial charge in [-0.05, 0) is 49.1 Å². The Morgan fingerprint density at radius 1 is 0.966 bits per heavy atom. The zero-order chi connectivity index (χ0) is 20.6. The minimum absolute atomic E-state index is 0.110. The smallest absolute Gasteiger partial charge is 0.262 e. The Morgan fingerprint density at radius 3 is 2.21 bits per heavy atom. The normalized spacial score (nSPS) is 21.9. The van der Waals surface area contributed by atoms with Crippen LogP contribution in [0.4, 0.5) is 5.69 Å². The van der Waals surface area contributed by atoms with Gasteiger partial charge in [0.2, 0.25) is 11.8 Å². The van der Waals surface area contributed by atoms with E-state index in [0.717, 1.165) is 25.7 Å². The fourth-order valence-electron chi connectivity index (χ4n) is 4.32. The highest BCUT2D eigenvalue weighted by molar-refractivity contribution is 7.92. The number of anilines is 1. The first-order chi connectivity index (χ1) is 13.9. The number of nitrogens with one attached hydrogen (secondary N) is 1. The van der Waals surface area contributed by atoms with Gasteiger partial charge in [0.25, 0.3) is 10.0 Å². The van der Waals surface area contributed by atoms with E-state index in [2.05, 4.69) is 4.72 Å². The number of carbonyl (C=O) groups is 2. The zero-order valence-corrected chi connectivity index (χ0v) is 17.1. The van der Waals surface area contributed by atoms with Gasteiger partial charge in [0.1, 0.15) is 0 Å². The number of aryl methyl sites for hydroxylation is 1. The largest absolute Gasteiger partial charge is 0.280 e. The molecule has 2 amide bonds. The lowest BCUT2D eigenvalue weighted by Crippen LogP contribution is -2.30. The molecule has 0 radical (unpaired) electrons. The molecule has 4 rings (SSSR count). The predicted molar refractivity (Wildman–Crippen MR) is 109 cm³/mol. The predicted octanol–water partition coefficient (Wildman–Crippen LogP) is 3.47. The van der Waals surface area contributed by atoms with E-state index in [4.69, 9.17) is 0 Å². The third-order valence-electron chi connectivity index (χ3n) is 5.84. The van der Waals surface area contributed by atoms with Crippen molar-refractivity contribution >= 4 is 27.5 Å². The van der Waals surface area contributed by atoms with Gasteiger partial charge >= 0.3 is 0 Å². The van der Waals surface area contributed by atoms with Crippen LogP contribution in [0.5, 0.6) is 0 Å². The van der Waals surface area contributed by atoms with Gasteiger partial charge in [-0.15, -0.1) is 0 Å². The molecule has 1 aliphatic carbocycles. The van der Waals surface area contributed by atoms with Crippen molar-refractivity contribution in [1.29, 1.82) is 0 Å². The SMILES string of the molecule is Cc1ccc(CN2C(=O)[C@@H]3CCCC[C@H]3C2=O)cc1S(=O)(=O)Nc1ccccc1. The van der Waals surface area contributed by atoms with E-state index in [0.29, 0.717) is 16.8 Å². The molecule has 1 N–H and O–H groups in total. The molecule has 0 spiro atoms. The van der Waals surface area contributed by atoms with E-state index in [-0.39, 0.29) is 35.1 Å². The second-order valence-electron chi connectivity index (χ2n) is 7.83. The minimum Gasteiger partial charge on any atom is -0.280 e. The number of likely N-dealkylation sites (tertiary alicyclic amines) is 1. The van der Waals surface area contributed by atoms with Crippen LogP contribution >= 0.6 is 0 Å². The second-order valence-corrected chi connectivity index (χ2v) is 9.48. The van der Waals surface area contributed by atoms with Crippen molar-refractivity contribution in [2.75, 3.05) is 4.72 Å². The van der Waals surface area contributed by atoms with Gasteiger partial charge < -0.3 is 0 Å². The van der Waals surface area contributed by atoms with E-state index in [9.17, 15) is 18.0 Å². The molecule has 152 valence electrons. The van der Waals surface area contributed by atoms with Crippen LogP contribution in [0.25, 0.3) is 0 Å². The van der Waals surface area contributed by atoms with Crippen LogP contribution in [0, 0.1) is 18.8 Å². The number of sulfonamides is 1. The molecule has 1 saturated heterocycles. The van der Waals surface area contributed by atoms with Crippen molar-refractivity contribution in [2.24, 2.45) is 11.8 Å². The fraction of sp³-hybridized carbons (Fsp3) is 0.364. The average molecular weight is 413 g/mol. The highest BCUT2D eigenvalue weighted by Crippen LogP contribution is 2.38. The van der Waals surface area contributed by atoms with Gasteiger partial charge in [0.05, 0.1) is 23.3 Å². The molecule has 0 unspecified atom stereocenters. The van der Waals surface area contributed by atoms with Crippen LogP contribution in [-0.4, -0.2) is 25.1 Å². The summed E-state index contributed by atoms with van der Waals surface area (Å²) in [4.78, 5) is 26.9. The minimum atomic E-state index is -3.79. The molecule has 2 aliphatic rings. The maximum absolute atomic E-state index is 12.9. The lowest BCUT2D eigenvalue weighted by Gasteiger charge is -2.19. The van der Waals surface area contributed by atoms with Crippen LogP contribution in [0.15, 0.2) is 53.4 Å². The molecular weight excluding hydrogens is 388 g/mol. The summed E-state index contributed by atoms with van der Waals surface area (Å²) in [5, 5.41) is 0. The van der Waals surface area contributed by atoms with E-state index in [1.165, 1.54) is 4.90 Å². The monoisotopic (exact) mass is 412 g/mol. The van der Waals surface area contributed by atoms with Crippen molar-refractivity contribution in [3.05, 3.63) is 59.7 Å². The van der Waals surface area contributed by atoms with E-state index in [1.807, 2.05) is 6.07 Å². The first-order valence-electron chi connectivity index (χ1n) is 9.89. The third-order valence-corrected chi connectivity index (χ3v) is 7.36. The first kappa shape index (κ1) is 19.6. The van der Waals surface area contributed by atoms with E-state index < -0.39 is 10.0 Å². The number of benzene rings is 2. The molecule has 0 bridgehead atoms. The summed E-state index contributed by atoms with van der Waals surface area (Å²) in [5.41, 5.74) is 1.71. The Kier molecular flexibility index (Phi) is 5.17. The van der Waals surface area contributed by atoms with Gasteiger partial charge in [-0.2, -0.15) is 0 Å². The molecule has 1 saturated carbocycles. The number of para-hydroxylation sites is 1. The number of carbonyl (C=O) groups excluding carboxylic acids is 2. The molecule has 6 nitrogen and oxygen atoms in total. The molecule has 2 aromatic carbocycles. The lowest BCUT2D eigenvalue weighted by atomic mass is 9.81. The Labute approximate surface area is 171 Å². The summed E-state index contributed by atoms with van der Waals surface area (Å²) in [6.07, 6.45) is 3.48. The Bertz CT molecular complexity index is 1030. The highest BCUT2D eigenvalue weighted by Gasteiger charge is 2.47. The number of nitrogens with zero attached hydrogens (tertiary/aromatic N) is 1. The van der Waals surface area contributed by atoms with E-state index in [1.54, 1.807) is 49.4 Å². The van der Waals surface area contributed by atoms with Crippen molar-refractivity contribution in [2.45, 2.75) is 44.0 Å². The summed E-state index contributed by atoms with van der Waals surface area (Å²) in [6, 6.07) is 13.7. The van der Waals surface area contributed by atoms with Crippen molar-refractivity contribution < 1.29 is 18.0 Å². The Balaban J connectivity index is 1.59.